The number of benzene rings is 9. The number of fused-ring (bicyclic) bond motifs is 3. The molecule has 0 amide bonds. The predicted octanol–water partition coefficient (Wildman–Crippen LogP) is 16.1. The van der Waals surface area contributed by atoms with Gasteiger partial charge in [-0.25, -0.2) is 0 Å². The number of nitrogens with zero attached hydrogens (tertiary/aromatic N) is 1. The van der Waals surface area contributed by atoms with E-state index in [1.54, 1.807) is 0 Å². The largest absolute Gasteiger partial charge is 3.00 e. The van der Waals surface area contributed by atoms with E-state index < -0.39 is 0 Å². The van der Waals surface area contributed by atoms with Gasteiger partial charge in [0.2, 0.25) is 0 Å². The third-order valence-corrected chi connectivity index (χ3v) is 12.7. The summed E-state index contributed by atoms with van der Waals surface area (Å²) < 4.78 is 17.6. The molecule has 0 unspecified atom stereocenters. The zero-order chi connectivity index (χ0) is 44.5. The molecule has 0 atom stereocenters. The van der Waals surface area contributed by atoms with Crippen LogP contribution in [0.5, 0.6) is 0 Å². The van der Waals surface area contributed by atoms with Crippen molar-refractivity contribution in [3.8, 4) is 89.1 Å². The number of rotatable bonds is 8. The molecule has 5 heteroatoms. The Bertz CT molecular complexity index is 3360. The molecule has 0 aliphatic rings. The summed E-state index contributed by atoms with van der Waals surface area (Å²) in [5, 5.41) is 2.62. The Morgan fingerprint density at radius 3 is 1.33 bits per heavy atom. The second-order valence-corrected chi connectivity index (χ2v) is 16.3. The van der Waals surface area contributed by atoms with Crippen LogP contribution in [0.15, 0.2) is 219 Å². The SMILES string of the molecule is [C-]#[O+].[C-]#[O+].[Ir+3].[c-]1cccc(-c2ccccc2-c2cc(-c3ccccc3-c3c[c-]ccc3)cc(-c3ccccc3-c3c[c-]c(-c4cc(-c5ccc6c(c5)sc5ccccc56)ccn4)cc3)c2)c1. The fourth-order valence-electron chi connectivity index (χ4n) is 8.59. The summed E-state index contributed by atoms with van der Waals surface area (Å²) in [4.78, 5) is 4.80. The standard InChI is InChI=1S/C59H36NS.2CO.Ir/c1-3-15-40(16-4-1)49-19-7-10-22-52(49)46-35-47(53-23-11-8-20-50(53)41-17-5-2-6-18-41)37-48(36-46)54-24-12-9-21-51(54)42-27-29-43(30-28-42)57-38-45(33-34-60-57)44-31-32-56-55-25-13-14-26-58(55)61-59(56)39-44;2*1-2;/h1-3,5,7-29,31-39H;;;/q-3;;;+3. The molecule has 2 heterocycles. The third kappa shape index (κ3) is 9.20. The van der Waals surface area contributed by atoms with Gasteiger partial charge in [0.25, 0.3) is 0 Å². The maximum atomic E-state index is 7.50. The van der Waals surface area contributed by atoms with Crippen LogP contribution >= 0.6 is 11.3 Å². The summed E-state index contributed by atoms with van der Waals surface area (Å²) in [5.41, 5.74) is 18.0. The van der Waals surface area contributed by atoms with E-state index in [9.17, 15) is 0 Å². The van der Waals surface area contributed by atoms with Crippen molar-refractivity contribution in [3.05, 3.63) is 250 Å². The second-order valence-electron chi connectivity index (χ2n) is 15.2. The molecule has 0 saturated carbocycles. The van der Waals surface area contributed by atoms with E-state index in [1.165, 1.54) is 48.0 Å². The van der Waals surface area contributed by atoms with Crippen molar-refractivity contribution in [1.82, 2.24) is 4.98 Å². The van der Waals surface area contributed by atoms with Crippen LogP contribution < -0.4 is 0 Å². The van der Waals surface area contributed by atoms with Gasteiger partial charge in [0.15, 0.2) is 0 Å². The maximum Gasteiger partial charge on any atom is 3.00 e. The molecule has 0 aliphatic carbocycles. The van der Waals surface area contributed by atoms with Crippen LogP contribution in [0.25, 0.3) is 109 Å². The van der Waals surface area contributed by atoms with Gasteiger partial charge in [-0.3, -0.25) is 0 Å². The van der Waals surface area contributed by atoms with Crippen molar-refractivity contribution < 1.29 is 29.4 Å². The monoisotopic (exact) mass is 1040 g/mol. The Morgan fingerprint density at radius 1 is 0.379 bits per heavy atom. The van der Waals surface area contributed by atoms with Crippen molar-refractivity contribution in [2.24, 2.45) is 0 Å². The van der Waals surface area contributed by atoms with Crippen LogP contribution in [0.3, 0.4) is 0 Å². The topological polar surface area (TPSA) is 52.7 Å². The summed E-state index contributed by atoms with van der Waals surface area (Å²) in [7, 11) is 0. The fourth-order valence-corrected chi connectivity index (χ4v) is 9.74. The van der Waals surface area contributed by atoms with Crippen LogP contribution in [0.1, 0.15) is 0 Å². The molecule has 0 fully saturated rings. The first kappa shape index (κ1) is 45.1. The van der Waals surface area contributed by atoms with Gasteiger partial charge in [0.05, 0.1) is 0 Å². The Hall–Kier alpha value is -7.52. The van der Waals surface area contributed by atoms with Gasteiger partial charge in [-0.15, -0.1) is 52.3 Å². The van der Waals surface area contributed by atoms with Gasteiger partial charge in [0.1, 0.15) is 0 Å². The minimum absolute atomic E-state index is 0. The minimum Gasteiger partial charge on any atom is -0.305 e. The number of thiophene rings is 1. The van der Waals surface area contributed by atoms with Gasteiger partial charge in [0, 0.05) is 26.4 Å². The van der Waals surface area contributed by atoms with Crippen LogP contribution in [0.2, 0.25) is 0 Å². The van der Waals surface area contributed by atoms with Crippen molar-refractivity contribution >= 4 is 31.5 Å². The first-order valence-corrected chi connectivity index (χ1v) is 21.7. The van der Waals surface area contributed by atoms with E-state index in [4.69, 9.17) is 14.3 Å². The van der Waals surface area contributed by atoms with E-state index in [0.29, 0.717) is 0 Å². The van der Waals surface area contributed by atoms with E-state index in [-0.39, 0.29) is 20.1 Å². The molecule has 2 aromatic heterocycles. The molecule has 11 aromatic rings. The molecule has 3 nitrogen and oxygen atoms in total. The molecule has 0 aliphatic heterocycles. The summed E-state index contributed by atoms with van der Waals surface area (Å²) in [5.74, 6) is 0. The molecule has 0 radical (unpaired) electrons. The van der Waals surface area contributed by atoms with Crippen molar-refractivity contribution in [2.45, 2.75) is 0 Å². The van der Waals surface area contributed by atoms with E-state index in [0.717, 1.165) is 61.3 Å². The first-order chi connectivity index (χ1) is 32.2. The molecular weight excluding hydrogens is 1000 g/mol. The van der Waals surface area contributed by atoms with Crippen LogP contribution in [0, 0.1) is 31.5 Å². The Balaban J connectivity index is 0.00000115. The summed E-state index contributed by atoms with van der Waals surface area (Å²) in [6.45, 7) is 9.00. The van der Waals surface area contributed by atoms with Crippen molar-refractivity contribution in [3.63, 3.8) is 0 Å². The summed E-state index contributed by atoms with van der Waals surface area (Å²) in [6.07, 6.45) is 1.91. The predicted molar refractivity (Wildman–Crippen MR) is 265 cm³/mol. The van der Waals surface area contributed by atoms with Gasteiger partial charge in [-0.05, 0) is 86.6 Å². The molecule has 9 aromatic carbocycles. The van der Waals surface area contributed by atoms with Crippen LogP contribution in [-0.2, 0) is 29.4 Å². The van der Waals surface area contributed by atoms with E-state index >= 15 is 0 Å². The first-order valence-electron chi connectivity index (χ1n) is 20.9. The average molecular weight is 1040 g/mol. The molecule has 312 valence electrons. The number of aromatic nitrogens is 1. The maximum absolute atomic E-state index is 7.50. The number of hydrogen-bond acceptors (Lipinski definition) is 2. The molecule has 66 heavy (non-hydrogen) atoms. The number of pyridine rings is 1. The van der Waals surface area contributed by atoms with Crippen molar-refractivity contribution in [2.75, 3.05) is 0 Å². The Morgan fingerprint density at radius 2 is 0.833 bits per heavy atom. The quantitative estimate of drug-likeness (QED) is 0.111. The zero-order valence-corrected chi connectivity index (χ0v) is 38.5. The molecular formula is C61H36IrNO2S. The minimum atomic E-state index is 0. The fraction of sp³-hybridized carbons (Fsp3) is 0. The van der Waals surface area contributed by atoms with E-state index in [1.807, 2.05) is 29.7 Å². The summed E-state index contributed by atoms with van der Waals surface area (Å²) in [6, 6.07) is 85.9. The van der Waals surface area contributed by atoms with Crippen molar-refractivity contribution in [1.29, 1.82) is 0 Å². The second kappa shape index (κ2) is 21.0. The van der Waals surface area contributed by atoms with Gasteiger partial charge in [-0.1, -0.05) is 131 Å². The van der Waals surface area contributed by atoms with Gasteiger partial charge >= 0.3 is 42.7 Å². The van der Waals surface area contributed by atoms with Crippen LogP contribution in [-0.4, -0.2) is 4.98 Å². The van der Waals surface area contributed by atoms with Gasteiger partial charge < -0.3 is 4.98 Å². The smallest absolute Gasteiger partial charge is 0.305 e. The Labute approximate surface area is 402 Å². The normalized spacial score (nSPS) is 10.5. The zero-order valence-electron chi connectivity index (χ0n) is 35.3. The molecule has 11 rings (SSSR count). The average Bonchev–Trinajstić information content (AvgIpc) is 3.78. The summed E-state index contributed by atoms with van der Waals surface area (Å²) >= 11 is 1.84. The molecule has 0 spiro atoms. The Kier molecular flexibility index (Phi) is 14.3. The third-order valence-electron chi connectivity index (χ3n) is 11.6. The molecule has 0 N–H and O–H groups in total. The number of hydrogen-bond donors (Lipinski definition) is 0. The van der Waals surface area contributed by atoms with E-state index in [2.05, 4.69) is 232 Å². The molecule has 0 saturated heterocycles. The molecule has 0 bridgehead atoms. The van der Waals surface area contributed by atoms with Gasteiger partial charge in [-0.2, -0.15) is 60.7 Å². The van der Waals surface area contributed by atoms with Crippen LogP contribution in [0.4, 0.5) is 0 Å².